The van der Waals surface area contributed by atoms with Crippen LogP contribution in [0.4, 0.5) is 5.69 Å². The third-order valence-corrected chi connectivity index (χ3v) is 6.65. The molecule has 0 saturated heterocycles. The van der Waals surface area contributed by atoms with Crippen LogP contribution in [-0.2, 0) is 0 Å². The van der Waals surface area contributed by atoms with Gasteiger partial charge >= 0.3 is 0 Å². The molecule has 0 unspecified atom stereocenters. The molecule has 6 heteroatoms. The number of hydrogen-bond donors (Lipinski definition) is 0. The Hall–Kier alpha value is -4.08. The quantitative estimate of drug-likeness (QED) is 0.168. The number of aryl methyl sites for hydroxylation is 2. The standard InChI is InChI=1S/C28H23N3O2S/c1-19-4-6-22(7-5-19)24(18-29)17-23-16-20(2)30(21(23)3)25-8-12-27(13-9-25)34-28-14-10-26(11-15-28)31(32)33/h4-17H,1-3H3/b24-17-. The Morgan fingerprint density at radius 2 is 1.53 bits per heavy atom. The number of benzene rings is 3. The van der Waals surface area contributed by atoms with Gasteiger partial charge in [0.1, 0.15) is 0 Å². The highest BCUT2D eigenvalue weighted by atomic mass is 32.2. The van der Waals surface area contributed by atoms with Crippen molar-refractivity contribution in [3.8, 4) is 11.8 Å². The first-order valence-corrected chi connectivity index (χ1v) is 11.6. The van der Waals surface area contributed by atoms with E-state index >= 15 is 0 Å². The molecule has 168 valence electrons. The number of non-ortho nitro benzene ring substituents is 1. The second-order valence-corrected chi connectivity index (χ2v) is 9.19. The molecule has 0 bridgehead atoms. The molecular formula is C28H23N3O2S. The normalized spacial score (nSPS) is 11.3. The predicted octanol–water partition coefficient (Wildman–Crippen LogP) is 7.53. The van der Waals surface area contributed by atoms with Crippen LogP contribution >= 0.6 is 11.8 Å². The van der Waals surface area contributed by atoms with Gasteiger partial charge in [-0.05, 0) is 80.4 Å². The topological polar surface area (TPSA) is 71.9 Å². The summed E-state index contributed by atoms with van der Waals surface area (Å²) in [6.45, 7) is 6.15. The fourth-order valence-corrected chi connectivity index (χ4v) is 4.65. The highest BCUT2D eigenvalue weighted by Crippen LogP contribution is 2.31. The van der Waals surface area contributed by atoms with Crippen LogP contribution in [0.3, 0.4) is 0 Å². The van der Waals surface area contributed by atoms with Crippen LogP contribution in [0.15, 0.2) is 88.7 Å². The molecule has 0 saturated carbocycles. The van der Waals surface area contributed by atoms with E-state index in [0.29, 0.717) is 5.57 Å². The van der Waals surface area contributed by atoms with Gasteiger partial charge in [-0.15, -0.1) is 0 Å². The summed E-state index contributed by atoms with van der Waals surface area (Å²) in [6.07, 6.45) is 1.95. The first kappa shape index (κ1) is 23.1. The summed E-state index contributed by atoms with van der Waals surface area (Å²) >= 11 is 1.56. The maximum atomic E-state index is 10.8. The van der Waals surface area contributed by atoms with Gasteiger partial charge in [0.25, 0.3) is 5.69 Å². The van der Waals surface area contributed by atoms with Gasteiger partial charge in [0.2, 0.25) is 0 Å². The van der Waals surface area contributed by atoms with Crippen LogP contribution in [0.25, 0.3) is 17.3 Å². The molecule has 0 N–H and O–H groups in total. The van der Waals surface area contributed by atoms with E-state index in [1.165, 1.54) is 12.1 Å². The van der Waals surface area contributed by atoms with E-state index < -0.39 is 4.92 Å². The fraction of sp³-hybridized carbons (Fsp3) is 0.107. The molecule has 0 aliphatic heterocycles. The molecule has 0 fully saturated rings. The minimum Gasteiger partial charge on any atom is -0.318 e. The van der Waals surface area contributed by atoms with Gasteiger partial charge in [0.15, 0.2) is 0 Å². The molecule has 1 aromatic heterocycles. The maximum absolute atomic E-state index is 10.8. The number of nitro groups is 1. The molecule has 0 atom stereocenters. The fourth-order valence-electron chi connectivity index (χ4n) is 3.84. The number of nitro benzene ring substituents is 1. The van der Waals surface area contributed by atoms with Crippen LogP contribution in [0.2, 0.25) is 0 Å². The summed E-state index contributed by atoms with van der Waals surface area (Å²) in [7, 11) is 0. The van der Waals surface area contributed by atoms with Crippen molar-refractivity contribution in [3.63, 3.8) is 0 Å². The lowest BCUT2D eigenvalue weighted by molar-refractivity contribution is -0.384. The van der Waals surface area contributed by atoms with E-state index in [0.717, 1.165) is 43.6 Å². The van der Waals surface area contributed by atoms with Crippen molar-refractivity contribution in [2.45, 2.75) is 30.6 Å². The lowest BCUT2D eigenvalue weighted by Gasteiger charge is -2.11. The Morgan fingerprint density at radius 3 is 2.09 bits per heavy atom. The number of allylic oxidation sites excluding steroid dienone is 1. The maximum Gasteiger partial charge on any atom is 0.269 e. The van der Waals surface area contributed by atoms with Gasteiger partial charge in [-0.1, -0.05) is 41.6 Å². The van der Waals surface area contributed by atoms with Crippen LogP contribution in [0, 0.1) is 42.2 Å². The third-order valence-electron chi connectivity index (χ3n) is 5.63. The molecule has 0 aliphatic rings. The van der Waals surface area contributed by atoms with Gasteiger partial charge in [-0.25, -0.2) is 0 Å². The van der Waals surface area contributed by atoms with Gasteiger partial charge in [0, 0.05) is 39.0 Å². The van der Waals surface area contributed by atoms with E-state index in [9.17, 15) is 15.4 Å². The van der Waals surface area contributed by atoms with Crippen molar-refractivity contribution in [3.05, 3.63) is 117 Å². The van der Waals surface area contributed by atoms with Crippen molar-refractivity contribution in [1.82, 2.24) is 4.57 Å². The summed E-state index contributed by atoms with van der Waals surface area (Å²) in [5.41, 5.74) is 6.99. The van der Waals surface area contributed by atoms with E-state index in [-0.39, 0.29) is 5.69 Å². The molecule has 1 heterocycles. The Morgan fingerprint density at radius 1 is 0.941 bits per heavy atom. The minimum atomic E-state index is -0.394. The average Bonchev–Trinajstić information content (AvgIpc) is 3.11. The highest BCUT2D eigenvalue weighted by molar-refractivity contribution is 7.99. The number of nitriles is 1. The minimum absolute atomic E-state index is 0.0880. The largest absolute Gasteiger partial charge is 0.318 e. The predicted molar refractivity (Wildman–Crippen MR) is 137 cm³/mol. The molecule has 0 amide bonds. The molecule has 0 aliphatic carbocycles. The van der Waals surface area contributed by atoms with E-state index in [1.54, 1.807) is 23.9 Å². The van der Waals surface area contributed by atoms with Crippen LogP contribution in [-0.4, -0.2) is 9.49 Å². The molecular weight excluding hydrogens is 442 g/mol. The van der Waals surface area contributed by atoms with Crippen LogP contribution in [0.5, 0.6) is 0 Å². The van der Waals surface area contributed by atoms with Crippen molar-refractivity contribution in [2.24, 2.45) is 0 Å². The van der Waals surface area contributed by atoms with Crippen molar-refractivity contribution < 1.29 is 4.92 Å². The van der Waals surface area contributed by atoms with Crippen molar-refractivity contribution >= 4 is 29.1 Å². The number of rotatable bonds is 6. The Balaban J connectivity index is 1.58. The zero-order valence-corrected chi connectivity index (χ0v) is 20.0. The monoisotopic (exact) mass is 465 g/mol. The number of hydrogen-bond acceptors (Lipinski definition) is 4. The second-order valence-electron chi connectivity index (χ2n) is 8.04. The molecule has 5 nitrogen and oxygen atoms in total. The Kier molecular flexibility index (Phi) is 6.67. The van der Waals surface area contributed by atoms with Crippen LogP contribution in [0.1, 0.15) is 28.1 Å². The summed E-state index contributed by atoms with van der Waals surface area (Å²) in [6, 6.07) is 27.2. The van der Waals surface area contributed by atoms with Crippen molar-refractivity contribution in [2.75, 3.05) is 0 Å². The molecule has 34 heavy (non-hydrogen) atoms. The zero-order chi connectivity index (χ0) is 24.2. The van der Waals surface area contributed by atoms with E-state index in [4.69, 9.17) is 0 Å². The first-order chi connectivity index (χ1) is 16.4. The number of aromatic nitrogens is 1. The average molecular weight is 466 g/mol. The first-order valence-electron chi connectivity index (χ1n) is 10.8. The molecule has 4 rings (SSSR count). The van der Waals surface area contributed by atoms with Gasteiger partial charge in [-0.3, -0.25) is 10.1 Å². The summed E-state index contributed by atoms with van der Waals surface area (Å²) < 4.78 is 2.18. The number of nitrogens with zero attached hydrogens (tertiary/aromatic N) is 3. The summed E-state index contributed by atoms with van der Waals surface area (Å²) in [5.74, 6) is 0. The van der Waals surface area contributed by atoms with Gasteiger partial charge < -0.3 is 4.57 Å². The van der Waals surface area contributed by atoms with E-state index in [1.807, 2.05) is 49.4 Å². The van der Waals surface area contributed by atoms with Crippen LogP contribution < -0.4 is 0 Å². The Bertz CT molecular complexity index is 1410. The molecule has 4 aromatic rings. The highest BCUT2D eigenvalue weighted by Gasteiger charge is 2.12. The molecule has 0 spiro atoms. The second kappa shape index (κ2) is 9.82. The van der Waals surface area contributed by atoms with Gasteiger partial charge in [-0.2, -0.15) is 5.26 Å². The zero-order valence-electron chi connectivity index (χ0n) is 19.1. The van der Waals surface area contributed by atoms with Crippen molar-refractivity contribution in [1.29, 1.82) is 5.26 Å². The lowest BCUT2D eigenvalue weighted by atomic mass is 10.0. The summed E-state index contributed by atoms with van der Waals surface area (Å²) in [5, 5.41) is 20.6. The smallest absolute Gasteiger partial charge is 0.269 e. The SMILES string of the molecule is Cc1ccc(/C(C#N)=C\c2cc(C)n(-c3ccc(Sc4ccc([N+](=O)[O-])cc4)cc3)c2C)cc1. The Labute approximate surface area is 203 Å². The third kappa shape index (κ3) is 4.95. The summed E-state index contributed by atoms with van der Waals surface area (Å²) in [4.78, 5) is 12.4. The lowest BCUT2D eigenvalue weighted by Crippen LogP contribution is -1.98. The van der Waals surface area contributed by atoms with Gasteiger partial charge in [0.05, 0.1) is 16.6 Å². The van der Waals surface area contributed by atoms with E-state index in [2.05, 4.69) is 42.7 Å². The molecule has 3 aromatic carbocycles. The molecule has 0 radical (unpaired) electrons.